The van der Waals surface area contributed by atoms with E-state index >= 15 is 0 Å². The maximum absolute atomic E-state index is 13.6. The number of ether oxygens (including phenoxy) is 1. The minimum absolute atomic E-state index is 0.0539. The van der Waals surface area contributed by atoms with Crippen LogP contribution in [0.3, 0.4) is 0 Å². The van der Waals surface area contributed by atoms with Gasteiger partial charge in [-0.1, -0.05) is 25.1 Å². The molecule has 1 aliphatic heterocycles. The van der Waals surface area contributed by atoms with E-state index in [0.717, 1.165) is 18.2 Å². The van der Waals surface area contributed by atoms with Crippen molar-refractivity contribution in [3.8, 4) is 5.75 Å². The number of benzene rings is 2. The number of methoxy groups -OCH3 is 1. The van der Waals surface area contributed by atoms with Crippen molar-refractivity contribution in [2.75, 3.05) is 38.2 Å². The molecule has 2 aromatic carbocycles. The molecule has 2 aromatic rings. The molecule has 1 heterocycles. The van der Waals surface area contributed by atoms with E-state index in [0.29, 0.717) is 26.2 Å². The first kappa shape index (κ1) is 18.7. The fourth-order valence-corrected chi connectivity index (χ4v) is 4.68. The van der Waals surface area contributed by atoms with Gasteiger partial charge in [-0.05, 0) is 30.2 Å². The highest BCUT2D eigenvalue weighted by atomic mass is 32.2. The lowest BCUT2D eigenvalue weighted by Gasteiger charge is -2.36. The Bertz CT molecular complexity index is 878. The number of piperazine rings is 1. The Kier molecular flexibility index (Phi) is 5.48. The fraction of sp³-hybridized carbons (Fsp3) is 0.368. The lowest BCUT2D eigenvalue weighted by Crippen LogP contribution is -2.48. The summed E-state index contributed by atoms with van der Waals surface area (Å²) in [6.45, 7) is 4.13. The predicted molar refractivity (Wildman–Crippen MR) is 99.7 cm³/mol. The molecule has 140 valence electrons. The van der Waals surface area contributed by atoms with Crippen LogP contribution in [-0.2, 0) is 16.4 Å². The summed E-state index contributed by atoms with van der Waals surface area (Å²) in [6.07, 6.45) is 0.935. The van der Waals surface area contributed by atoms with Gasteiger partial charge in [-0.25, -0.2) is 12.8 Å². The highest BCUT2D eigenvalue weighted by Gasteiger charge is 2.29. The summed E-state index contributed by atoms with van der Waals surface area (Å²) >= 11 is 0. The fourth-order valence-electron chi connectivity index (χ4n) is 3.24. The molecule has 0 atom stereocenters. The SMILES string of the molecule is CCc1ccccc1N1CCN(S(=O)(=O)c2ccc(F)c(OC)c2)CC1. The van der Waals surface area contributed by atoms with Crippen LogP contribution in [0.25, 0.3) is 0 Å². The second-order valence-corrected chi connectivity index (χ2v) is 8.11. The molecule has 7 heteroatoms. The van der Waals surface area contributed by atoms with Crippen molar-refractivity contribution in [1.29, 1.82) is 0 Å². The Balaban J connectivity index is 1.77. The molecule has 1 saturated heterocycles. The highest BCUT2D eigenvalue weighted by Crippen LogP contribution is 2.27. The molecule has 0 spiro atoms. The molecule has 3 rings (SSSR count). The summed E-state index contributed by atoms with van der Waals surface area (Å²) in [5.74, 6) is -0.644. The first-order valence-electron chi connectivity index (χ1n) is 8.64. The molecule has 26 heavy (non-hydrogen) atoms. The molecule has 0 amide bonds. The molecular formula is C19H23FN2O3S. The van der Waals surface area contributed by atoms with E-state index in [9.17, 15) is 12.8 Å². The van der Waals surface area contributed by atoms with Crippen LogP contribution in [0, 0.1) is 5.82 Å². The number of nitrogens with zero attached hydrogens (tertiary/aromatic N) is 2. The zero-order valence-electron chi connectivity index (χ0n) is 15.0. The van der Waals surface area contributed by atoms with Crippen LogP contribution in [0.4, 0.5) is 10.1 Å². The quantitative estimate of drug-likeness (QED) is 0.803. The molecule has 0 saturated carbocycles. The van der Waals surface area contributed by atoms with Crippen LogP contribution in [0.15, 0.2) is 47.4 Å². The molecule has 0 bridgehead atoms. The maximum Gasteiger partial charge on any atom is 0.243 e. The predicted octanol–water partition coefficient (Wildman–Crippen LogP) is 2.91. The highest BCUT2D eigenvalue weighted by molar-refractivity contribution is 7.89. The van der Waals surface area contributed by atoms with Crippen molar-refractivity contribution in [3.05, 3.63) is 53.8 Å². The summed E-state index contributed by atoms with van der Waals surface area (Å²) < 4.78 is 45.6. The number of sulfonamides is 1. The number of halogens is 1. The smallest absolute Gasteiger partial charge is 0.243 e. The Hall–Kier alpha value is -2.12. The number of aryl methyl sites for hydroxylation is 1. The first-order chi connectivity index (χ1) is 12.5. The van der Waals surface area contributed by atoms with E-state index in [1.807, 2.05) is 12.1 Å². The van der Waals surface area contributed by atoms with Crippen LogP contribution >= 0.6 is 0 Å². The van der Waals surface area contributed by atoms with Crippen LogP contribution in [0.2, 0.25) is 0 Å². The topological polar surface area (TPSA) is 49.9 Å². The van der Waals surface area contributed by atoms with Gasteiger partial charge in [-0.2, -0.15) is 4.31 Å². The lowest BCUT2D eigenvalue weighted by molar-refractivity contribution is 0.378. The Labute approximate surface area is 154 Å². The number of hydrogen-bond acceptors (Lipinski definition) is 4. The van der Waals surface area contributed by atoms with Gasteiger partial charge in [-0.3, -0.25) is 0 Å². The van der Waals surface area contributed by atoms with E-state index in [1.54, 1.807) is 0 Å². The zero-order valence-corrected chi connectivity index (χ0v) is 15.8. The third kappa shape index (κ3) is 3.54. The van der Waals surface area contributed by atoms with Gasteiger partial charge in [0.1, 0.15) is 0 Å². The molecule has 0 radical (unpaired) electrons. The van der Waals surface area contributed by atoms with Gasteiger partial charge in [0.05, 0.1) is 12.0 Å². The van der Waals surface area contributed by atoms with Crippen LogP contribution in [0.1, 0.15) is 12.5 Å². The van der Waals surface area contributed by atoms with Crippen molar-refractivity contribution < 1.29 is 17.5 Å². The minimum Gasteiger partial charge on any atom is -0.494 e. The van der Waals surface area contributed by atoms with Crippen LogP contribution in [-0.4, -0.2) is 46.0 Å². The third-order valence-electron chi connectivity index (χ3n) is 4.71. The molecule has 0 aliphatic carbocycles. The summed E-state index contributed by atoms with van der Waals surface area (Å²) in [4.78, 5) is 2.27. The van der Waals surface area contributed by atoms with Gasteiger partial charge in [-0.15, -0.1) is 0 Å². The summed E-state index contributed by atoms with van der Waals surface area (Å²) in [5, 5.41) is 0. The molecule has 0 N–H and O–H groups in total. The number of hydrogen-bond donors (Lipinski definition) is 0. The molecule has 0 aromatic heterocycles. The number of anilines is 1. The average molecular weight is 378 g/mol. The minimum atomic E-state index is -3.67. The van der Waals surface area contributed by atoms with E-state index in [2.05, 4.69) is 24.0 Å². The number of para-hydroxylation sites is 1. The summed E-state index contributed by atoms with van der Waals surface area (Å²) in [6, 6.07) is 11.8. The van der Waals surface area contributed by atoms with Crippen molar-refractivity contribution >= 4 is 15.7 Å². The number of rotatable bonds is 5. The van der Waals surface area contributed by atoms with E-state index in [-0.39, 0.29) is 10.6 Å². The maximum atomic E-state index is 13.6. The first-order valence-corrected chi connectivity index (χ1v) is 10.1. The third-order valence-corrected chi connectivity index (χ3v) is 6.61. The standard InChI is InChI=1S/C19H23FN2O3S/c1-3-15-6-4-5-7-18(15)21-10-12-22(13-11-21)26(23,24)16-8-9-17(20)19(14-16)25-2/h4-9,14H,3,10-13H2,1-2H3. The Morgan fingerprint density at radius 1 is 1.08 bits per heavy atom. The summed E-state index contributed by atoms with van der Waals surface area (Å²) in [5.41, 5.74) is 2.42. The molecule has 1 fully saturated rings. The van der Waals surface area contributed by atoms with E-state index in [4.69, 9.17) is 4.74 Å². The van der Waals surface area contributed by atoms with Gasteiger partial charge in [0.25, 0.3) is 0 Å². The second-order valence-electron chi connectivity index (χ2n) is 6.17. The van der Waals surface area contributed by atoms with Gasteiger partial charge in [0.15, 0.2) is 11.6 Å². The van der Waals surface area contributed by atoms with Crippen LogP contribution < -0.4 is 9.64 Å². The van der Waals surface area contributed by atoms with Gasteiger partial charge < -0.3 is 9.64 Å². The zero-order chi connectivity index (χ0) is 18.7. The van der Waals surface area contributed by atoms with Crippen molar-refractivity contribution in [1.82, 2.24) is 4.31 Å². The van der Waals surface area contributed by atoms with Crippen molar-refractivity contribution in [2.45, 2.75) is 18.2 Å². The second kappa shape index (κ2) is 7.63. The summed E-state index contributed by atoms with van der Waals surface area (Å²) in [7, 11) is -2.35. The Morgan fingerprint density at radius 2 is 1.77 bits per heavy atom. The van der Waals surface area contributed by atoms with Crippen molar-refractivity contribution in [3.63, 3.8) is 0 Å². The average Bonchev–Trinajstić information content (AvgIpc) is 2.68. The normalized spacial score (nSPS) is 15.9. The Morgan fingerprint density at radius 3 is 2.42 bits per heavy atom. The van der Waals surface area contributed by atoms with Crippen molar-refractivity contribution in [2.24, 2.45) is 0 Å². The lowest BCUT2D eigenvalue weighted by atomic mass is 10.1. The van der Waals surface area contributed by atoms with E-state index < -0.39 is 15.8 Å². The van der Waals surface area contributed by atoms with Crippen LogP contribution in [0.5, 0.6) is 5.75 Å². The van der Waals surface area contributed by atoms with Gasteiger partial charge in [0.2, 0.25) is 10.0 Å². The molecular weight excluding hydrogens is 355 g/mol. The largest absolute Gasteiger partial charge is 0.494 e. The molecule has 0 unspecified atom stereocenters. The van der Waals surface area contributed by atoms with Gasteiger partial charge >= 0.3 is 0 Å². The van der Waals surface area contributed by atoms with Gasteiger partial charge in [0, 0.05) is 37.9 Å². The molecule has 5 nitrogen and oxygen atoms in total. The molecule has 1 aliphatic rings. The van der Waals surface area contributed by atoms with E-state index in [1.165, 1.54) is 29.1 Å². The monoisotopic (exact) mass is 378 g/mol.